The van der Waals surface area contributed by atoms with E-state index >= 15 is 0 Å². The van der Waals surface area contributed by atoms with Crippen molar-refractivity contribution in [1.82, 2.24) is 15.5 Å². The van der Waals surface area contributed by atoms with Gasteiger partial charge in [-0.3, -0.25) is 5.10 Å². The van der Waals surface area contributed by atoms with Crippen LogP contribution in [0.15, 0.2) is 0 Å². The average molecular weight is 256 g/mol. The molecule has 2 N–H and O–H groups in total. The zero-order valence-electron chi connectivity index (χ0n) is 8.90. The second-order valence-electron chi connectivity index (χ2n) is 4.41. The van der Waals surface area contributed by atoms with Crippen LogP contribution in [0, 0.1) is 0 Å². The van der Waals surface area contributed by atoms with Crippen LogP contribution in [-0.4, -0.2) is 16.7 Å². The third kappa shape index (κ3) is 2.04. The number of hydrogen-bond acceptors (Lipinski definition) is 2. The third-order valence-electron chi connectivity index (χ3n) is 2.68. The Morgan fingerprint density at radius 1 is 1.31 bits per heavy atom. The van der Waals surface area contributed by atoms with Gasteiger partial charge in [0.2, 0.25) is 0 Å². The van der Waals surface area contributed by atoms with Gasteiger partial charge in [-0.1, -0.05) is 13.8 Å². The molecule has 0 spiro atoms. The molecule has 2 heterocycles. The lowest BCUT2D eigenvalue weighted by Gasteiger charge is -2.30. The molecule has 92 valence electrons. The summed E-state index contributed by atoms with van der Waals surface area (Å²) >= 11 is 0. The molecule has 0 radical (unpaired) electrons. The minimum absolute atomic E-state index is 0. The molecule has 0 aromatic carbocycles. The summed E-state index contributed by atoms with van der Waals surface area (Å²) in [6.45, 7) is 4.65. The van der Waals surface area contributed by atoms with Crippen molar-refractivity contribution in [2.45, 2.75) is 32.0 Å². The summed E-state index contributed by atoms with van der Waals surface area (Å²) in [6.07, 6.45) is -4.38. The monoisotopic (exact) mass is 255 g/mol. The minimum Gasteiger partial charge on any atom is -0.312 e. The predicted molar refractivity (Wildman–Crippen MR) is 55.6 cm³/mol. The third-order valence-corrected chi connectivity index (χ3v) is 2.68. The number of fused-ring (bicyclic) bond motifs is 1. The standard InChI is InChI=1S/C9H12F3N3.ClH/c1-8(2)4-13-3-5-6(8)14-15-7(5)9(10,11)12;/h13H,3-4H2,1-2H3,(H,14,15);1H. The Morgan fingerprint density at radius 2 is 1.94 bits per heavy atom. The summed E-state index contributed by atoms with van der Waals surface area (Å²) in [6, 6.07) is 0. The van der Waals surface area contributed by atoms with Crippen molar-refractivity contribution in [1.29, 1.82) is 0 Å². The fourth-order valence-electron chi connectivity index (χ4n) is 1.92. The lowest BCUT2D eigenvalue weighted by Crippen LogP contribution is -2.39. The smallest absolute Gasteiger partial charge is 0.312 e. The van der Waals surface area contributed by atoms with Gasteiger partial charge < -0.3 is 5.32 Å². The molecule has 0 amide bonds. The van der Waals surface area contributed by atoms with Gasteiger partial charge in [0.1, 0.15) is 0 Å². The van der Waals surface area contributed by atoms with Crippen molar-refractivity contribution in [3.05, 3.63) is 17.0 Å². The zero-order valence-corrected chi connectivity index (χ0v) is 9.72. The number of nitrogens with one attached hydrogen (secondary N) is 2. The van der Waals surface area contributed by atoms with Crippen LogP contribution in [0.25, 0.3) is 0 Å². The second-order valence-corrected chi connectivity index (χ2v) is 4.41. The van der Waals surface area contributed by atoms with Gasteiger partial charge >= 0.3 is 6.18 Å². The van der Waals surface area contributed by atoms with E-state index in [0.29, 0.717) is 12.2 Å². The number of nitrogens with zero attached hydrogens (tertiary/aromatic N) is 1. The molecule has 1 aromatic heterocycles. The van der Waals surface area contributed by atoms with E-state index < -0.39 is 11.9 Å². The van der Waals surface area contributed by atoms with Gasteiger partial charge in [0.15, 0.2) is 5.69 Å². The number of hydrogen-bond donors (Lipinski definition) is 2. The molecule has 3 nitrogen and oxygen atoms in total. The van der Waals surface area contributed by atoms with Crippen LogP contribution in [0.2, 0.25) is 0 Å². The molecule has 0 unspecified atom stereocenters. The highest BCUT2D eigenvalue weighted by Gasteiger charge is 2.41. The fraction of sp³-hybridized carbons (Fsp3) is 0.667. The first-order valence-electron chi connectivity index (χ1n) is 4.68. The van der Waals surface area contributed by atoms with Crippen molar-refractivity contribution >= 4 is 12.4 Å². The highest BCUT2D eigenvalue weighted by molar-refractivity contribution is 5.85. The maximum Gasteiger partial charge on any atom is 0.435 e. The van der Waals surface area contributed by atoms with Gasteiger partial charge in [0.05, 0.1) is 0 Å². The molecular formula is C9H13ClF3N3. The van der Waals surface area contributed by atoms with Gasteiger partial charge in [-0.05, 0) is 0 Å². The minimum atomic E-state index is -4.38. The van der Waals surface area contributed by atoms with Gasteiger partial charge in [0.25, 0.3) is 0 Å². The summed E-state index contributed by atoms with van der Waals surface area (Å²) in [7, 11) is 0. The Morgan fingerprint density at radius 3 is 2.50 bits per heavy atom. The molecule has 0 fully saturated rings. The quantitative estimate of drug-likeness (QED) is 0.746. The molecule has 0 atom stereocenters. The first-order chi connectivity index (χ1) is 6.82. The van der Waals surface area contributed by atoms with E-state index in [1.165, 1.54) is 0 Å². The van der Waals surface area contributed by atoms with Crippen LogP contribution in [0.3, 0.4) is 0 Å². The SMILES string of the molecule is CC1(C)CNCc2c(C(F)(F)F)n[nH]c21.Cl. The van der Waals surface area contributed by atoms with Gasteiger partial charge in [-0.2, -0.15) is 18.3 Å². The Hall–Kier alpha value is -0.750. The normalized spacial score (nSPS) is 18.8. The number of aromatic nitrogens is 2. The Kier molecular flexibility index (Phi) is 3.27. The summed E-state index contributed by atoms with van der Waals surface area (Å²) in [4.78, 5) is 0. The molecule has 0 saturated carbocycles. The van der Waals surface area contributed by atoms with E-state index in [2.05, 4.69) is 15.5 Å². The van der Waals surface area contributed by atoms with Crippen molar-refractivity contribution in [3.63, 3.8) is 0 Å². The lowest BCUT2D eigenvalue weighted by molar-refractivity contribution is -0.141. The maximum atomic E-state index is 12.6. The maximum absolute atomic E-state index is 12.6. The molecule has 0 bridgehead atoms. The highest BCUT2D eigenvalue weighted by atomic mass is 35.5. The van der Waals surface area contributed by atoms with Crippen molar-refractivity contribution in [2.75, 3.05) is 6.54 Å². The Bertz CT molecular complexity index is 370. The lowest BCUT2D eigenvalue weighted by atomic mass is 9.83. The summed E-state index contributed by atoms with van der Waals surface area (Å²) in [5, 5.41) is 8.86. The number of halogens is 4. The largest absolute Gasteiger partial charge is 0.435 e. The molecule has 16 heavy (non-hydrogen) atoms. The van der Waals surface area contributed by atoms with E-state index in [1.54, 1.807) is 0 Å². The number of aromatic amines is 1. The summed E-state index contributed by atoms with van der Waals surface area (Å²) < 4.78 is 37.7. The molecule has 2 rings (SSSR count). The topological polar surface area (TPSA) is 40.7 Å². The summed E-state index contributed by atoms with van der Waals surface area (Å²) in [5.74, 6) is 0. The van der Waals surface area contributed by atoms with Crippen LogP contribution in [-0.2, 0) is 18.1 Å². The van der Waals surface area contributed by atoms with E-state index in [-0.39, 0.29) is 29.9 Å². The van der Waals surface area contributed by atoms with E-state index in [1.807, 2.05) is 13.8 Å². The van der Waals surface area contributed by atoms with Gasteiger partial charge in [0, 0.05) is 29.8 Å². The average Bonchev–Trinajstić information content (AvgIpc) is 2.46. The Labute approximate surface area is 97.2 Å². The molecule has 1 aromatic rings. The molecule has 7 heteroatoms. The van der Waals surface area contributed by atoms with Crippen LogP contribution in [0.5, 0.6) is 0 Å². The molecule has 0 saturated heterocycles. The van der Waals surface area contributed by atoms with Crippen molar-refractivity contribution in [3.8, 4) is 0 Å². The Balaban J connectivity index is 0.00000128. The van der Waals surface area contributed by atoms with Gasteiger partial charge in [-0.25, -0.2) is 0 Å². The van der Waals surface area contributed by atoms with Crippen LogP contribution < -0.4 is 5.32 Å². The number of alkyl halides is 3. The van der Waals surface area contributed by atoms with E-state index in [4.69, 9.17) is 0 Å². The fourth-order valence-corrected chi connectivity index (χ4v) is 1.92. The number of H-pyrrole nitrogens is 1. The molecular weight excluding hydrogens is 243 g/mol. The zero-order chi connectivity index (χ0) is 11.3. The van der Waals surface area contributed by atoms with E-state index in [9.17, 15) is 13.2 Å². The molecule has 0 aliphatic carbocycles. The highest BCUT2D eigenvalue weighted by Crippen LogP contribution is 2.36. The van der Waals surface area contributed by atoms with Crippen molar-refractivity contribution < 1.29 is 13.2 Å². The van der Waals surface area contributed by atoms with Crippen LogP contribution in [0.4, 0.5) is 13.2 Å². The van der Waals surface area contributed by atoms with Gasteiger partial charge in [-0.15, -0.1) is 12.4 Å². The molecule has 1 aliphatic heterocycles. The first-order valence-corrected chi connectivity index (χ1v) is 4.68. The number of rotatable bonds is 0. The van der Waals surface area contributed by atoms with Crippen molar-refractivity contribution in [2.24, 2.45) is 0 Å². The predicted octanol–water partition coefficient (Wildman–Crippen LogP) is 2.23. The van der Waals surface area contributed by atoms with E-state index in [0.717, 1.165) is 0 Å². The van der Waals surface area contributed by atoms with Crippen LogP contribution >= 0.6 is 12.4 Å². The molecule has 1 aliphatic rings. The first kappa shape index (κ1) is 13.3. The van der Waals surface area contributed by atoms with Crippen LogP contribution in [0.1, 0.15) is 30.8 Å². The second kappa shape index (κ2) is 3.92. The summed E-state index contributed by atoms with van der Waals surface area (Å²) in [5.41, 5.74) is -0.283.